The number of amides is 1. The third kappa shape index (κ3) is 4.43. The number of nitrogens with one attached hydrogen (secondary N) is 2. The molecule has 0 bridgehead atoms. The maximum absolute atomic E-state index is 12.0. The summed E-state index contributed by atoms with van der Waals surface area (Å²) in [6.07, 6.45) is 2.27. The number of rotatable bonds is 5. The van der Waals surface area contributed by atoms with Gasteiger partial charge in [0.1, 0.15) is 5.75 Å². The molecule has 0 saturated carbocycles. The monoisotopic (exact) mass is 344 g/mol. The molecular weight excluding hydrogens is 324 g/mol. The fourth-order valence-electron chi connectivity index (χ4n) is 2.68. The number of thiocarbonyl (C=S) groups is 1. The van der Waals surface area contributed by atoms with Gasteiger partial charge in [-0.15, -0.1) is 0 Å². The summed E-state index contributed by atoms with van der Waals surface area (Å²) >= 11 is 5.12. The molecule has 2 aromatic carbocycles. The molecule has 1 amide bonds. The molecule has 0 aromatic heterocycles. The molecule has 6 heteroatoms. The maximum atomic E-state index is 12.0. The molecule has 2 aromatic rings. The molecule has 0 aliphatic carbocycles. The van der Waals surface area contributed by atoms with Crippen molar-refractivity contribution in [1.82, 2.24) is 10.6 Å². The van der Waals surface area contributed by atoms with E-state index in [1.807, 2.05) is 42.5 Å². The van der Waals surface area contributed by atoms with Gasteiger partial charge in [0.15, 0.2) is 11.7 Å². The van der Waals surface area contributed by atoms with Gasteiger partial charge in [0.25, 0.3) is 5.91 Å². The smallest absolute Gasteiger partial charge is 0.264 e. The first-order valence-corrected chi connectivity index (χ1v) is 8.43. The molecule has 2 N–H and O–H groups in total. The van der Waals surface area contributed by atoms with Crippen molar-refractivity contribution < 1.29 is 14.3 Å². The van der Waals surface area contributed by atoms with Crippen LogP contribution in [0, 0.1) is 0 Å². The van der Waals surface area contributed by atoms with Crippen LogP contribution in [0.25, 0.3) is 10.8 Å². The molecule has 1 aliphatic rings. The number of carbonyl (C=O) groups is 1. The highest BCUT2D eigenvalue weighted by molar-refractivity contribution is 7.80. The van der Waals surface area contributed by atoms with Gasteiger partial charge in [-0.3, -0.25) is 4.79 Å². The van der Waals surface area contributed by atoms with Gasteiger partial charge >= 0.3 is 0 Å². The lowest BCUT2D eigenvalue weighted by atomic mass is 10.1. The largest absolute Gasteiger partial charge is 0.483 e. The Bertz CT molecular complexity index is 724. The van der Waals surface area contributed by atoms with Crippen molar-refractivity contribution >= 4 is 34.0 Å². The summed E-state index contributed by atoms with van der Waals surface area (Å²) in [6.45, 7) is 1.32. The van der Waals surface area contributed by atoms with Crippen LogP contribution in [0.15, 0.2) is 42.5 Å². The Morgan fingerprint density at radius 1 is 1.25 bits per heavy atom. The molecule has 1 atom stereocenters. The highest BCUT2D eigenvalue weighted by Gasteiger charge is 2.15. The Kier molecular flexibility index (Phi) is 5.61. The van der Waals surface area contributed by atoms with Crippen LogP contribution in [0.3, 0.4) is 0 Å². The van der Waals surface area contributed by atoms with E-state index in [0.29, 0.717) is 17.4 Å². The van der Waals surface area contributed by atoms with E-state index in [1.165, 1.54) is 0 Å². The fourth-order valence-corrected chi connectivity index (χ4v) is 2.88. The highest BCUT2D eigenvalue weighted by atomic mass is 32.1. The van der Waals surface area contributed by atoms with Crippen LogP contribution in [0.2, 0.25) is 0 Å². The van der Waals surface area contributed by atoms with E-state index >= 15 is 0 Å². The lowest BCUT2D eigenvalue weighted by Gasteiger charge is -2.14. The minimum atomic E-state index is -0.284. The van der Waals surface area contributed by atoms with E-state index in [1.54, 1.807) is 0 Å². The van der Waals surface area contributed by atoms with E-state index < -0.39 is 0 Å². The second kappa shape index (κ2) is 8.08. The Balaban J connectivity index is 1.47. The summed E-state index contributed by atoms with van der Waals surface area (Å²) in [6, 6.07) is 13.7. The first-order chi connectivity index (χ1) is 11.7. The normalized spacial score (nSPS) is 16.8. The fraction of sp³-hybridized carbons (Fsp3) is 0.333. The van der Waals surface area contributed by atoms with Crippen molar-refractivity contribution in [3.05, 3.63) is 42.5 Å². The number of hydrogen-bond donors (Lipinski definition) is 2. The Morgan fingerprint density at radius 3 is 2.92 bits per heavy atom. The Hall–Kier alpha value is -2.18. The third-order valence-corrected chi connectivity index (χ3v) is 4.12. The maximum Gasteiger partial charge on any atom is 0.264 e. The minimum absolute atomic E-state index is 0.0875. The molecular formula is C18H20N2O3S. The standard InChI is InChI=1S/C18H20N2O3S/c21-17(20-18(24)19-11-14-7-4-10-22-14)12-23-16-9-3-6-13-5-1-2-8-15(13)16/h1-3,5-6,8-9,14H,4,7,10-12H2,(H2,19,20,21,24). The average molecular weight is 344 g/mol. The summed E-state index contributed by atoms with van der Waals surface area (Å²) < 4.78 is 11.1. The van der Waals surface area contributed by atoms with Gasteiger partial charge in [-0.1, -0.05) is 36.4 Å². The number of hydrogen-bond acceptors (Lipinski definition) is 4. The van der Waals surface area contributed by atoms with Crippen molar-refractivity contribution in [1.29, 1.82) is 0 Å². The molecule has 0 radical (unpaired) electrons. The Labute approximate surface area is 146 Å². The molecule has 1 aliphatic heterocycles. The lowest BCUT2D eigenvalue weighted by Crippen LogP contribution is -2.43. The van der Waals surface area contributed by atoms with Crippen LogP contribution in [0.1, 0.15) is 12.8 Å². The topological polar surface area (TPSA) is 59.6 Å². The first kappa shape index (κ1) is 16.7. The number of fused-ring (bicyclic) bond motifs is 1. The van der Waals surface area contributed by atoms with Gasteiger partial charge in [-0.2, -0.15) is 0 Å². The average Bonchev–Trinajstić information content (AvgIpc) is 3.11. The van der Waals surface area contributed by atoms with Gasteiger partial charge in [-0.25, -0.2) is 0 Å². The van der Waals surface area contributed by atoms with Gasteiger partial charge in [0, 0.05) is 18.5 Å². The third-order valence-electron chi connectivity index (χ3n) is 3.88. The summed E-state index contributed by atoms with van der Waals surface area (Å²) in [4.78, 5) is 12.0. The summed E-state index contributed by atoms with van der Waals surface area (Å²) in [5.41, 5.74) is 0. The van der Waals surface area contributed by atoms with Crippen molar-refractivity contribution in [3.8, 4) is 5.75 Å². The van der Waals surface area contributed by atoms with Crippen LogP contribution in [-0.2, 0) is 9.53 Å². The van der Waals surface area contributed by atoms with Crippen molar-refractivity contribution in [2.45, 2.75) is 18.9 Å². The SMILES string of the molecule is O=C(COc1cccc2ccccc12)NC(=S)NCC1CCCO1. The van der Waals surface area contributed by atoms with E-state index in [4.69, 9.17) is 21.7 Å². The predicted molar refractivity (Wildman–Crippen MR) is 97.2 cm³/mol. The van der Waals surface area contributed by atoms with Crippen LogP contribution in [0.5, 0.6) is 5.75 Å². The second-order valence-corrected chi connectivity index (χ2v) is 6.07. The van der Waals surface area contributed by atoms with Gasteiger partial charge in [0.2, 0.25) is 0 Å². The highest BCUT2D eigenvalue weighted by Crippen LogP contribution is 2.24. The van der Waals surface area contributed by atoms with Crippen molar-refractivity contribution in [2.75, 3.05) is 19.8 Å². The molecule has 1 unspecified atom stereocenters. The lowest BCUT2D eigenvalue weighted by molar-refractivity contribution is -0.121. The van der Waals surface area contributed by atoms with Crippen LogP contribution in [-0.4, -0.2) is 36.9 Å². The van der Waals surface area contributed by atoms with Crippen LogP contribution >= 0.6 is 12.2 Å². The second-order valence-electron chi connectivity index (χ2n) is 5.66. The zero-order chi connectivity index (χ0) is 16.8. The minimum Gasteiger partial charge on any atom is -0.483 e. The van der Waals surface area contributed by atoms with Crippen molar-refractivity contribution in [2.24, 2.45) is 0 Å². The Morgan fingerprint density at radius 2 is 2.08 bits per heavy atom. The quantitative estimate of drug-likeness (QED) is 0.816. The molecule has 0 spiro atoms. The summed E-state index contributed by atoms with van der Waals surface area (Å²) in [5, 5.41) is 7.98. The zero-order valence-corrected chi connectivity index (χ0v) is 14.1. The molecule has 5 nitrogen and oxygen atoms in total. The molecule has 3 rings (SSSR count). The molecule has 1 heterocycles. The summed E-state index contributed by atoms with van der Waals surface area (Å²) in [7, 11) is 0. The van der Waals surface area contributed by atoms with Crippen LogP contribution in [0.4, 0.5) is 0 Å². The molecule has 126 valence electrons. The number of benzene rings is 2. The van der Waals surface area contributed by atoms with Gasteiger partial charge in [0.05, 0.1) is 6.10 Å². The van der Waals surface area contributed by atoms with Crippen LogP contribution < -0.4 is 15.4 Å². The van der Waals surface area contributed by atoms with E-state index in [0.717, 1.165) is 30.2 Å². The molecule has 1 saturated heterocycles. The van der Waals surface area contributed by atoms with Crippen molar-refractivity contribution in [3.63, 3.8) is 0 Å². The van der Waals surface area contributed by atoms with E-state index in [-0.39, 0.29) is 18.6 Å². The number of ether oxygens (including phenoxy) is 2. The predicted octanol–water partition coefficient (Wildman–Crippen LogP) is 2.39. The summed E-state index contributed by atoms with van der Waals surface area (Å²) in [5.74, 6) is 0.397. The van der Waals surface area contributed by atoms with Gasteiger partial charge in [-0.05, 0) is 36.5 Å². The molecule has 1 fully saturated rings. The zero-order valence-electron chi connectivity index (χ0n) is 13.3. The first-order valence-electron chi connectivity index (χ1n) is 8.02. The molecule has 24 heavy (non-hydrogen) atoms. The van der Waals surface area contributed by atoms with E-state index in [9.17, 15) is 4.79 Å². The van der Waals surface area contributed by atoms with E-state index in [2.05, 4.69) is 10.6 Å². The number of carbonyl (C=O) groups excluding carboxylic acids is 1. The van der Waals surface area contributed by atoms with Gasteiger partial charge < -0.3 is 20.1 Å².